The zero-order valence-electron chi connectivity index (χ0n) is 19.2. The summed E-state index contributed by atoms with van der Waals surface area (Å²) >= 11 is 0. The van der Waals surface area contributed by atoms with Gasteiger partial charge >= 0.3 is 0 Å². The van der Waals surface area contributed by atoms with E-state index in [1.54, 1.807) is 0 Å². The third-order valence-corrected chi connectivity index (χ3v) is 7.16. The Kier molecular flexibility index (Phi) is 6.81. The van der Waals surface area contributed by atoms with Crippen molar-refractivity contribution in [2.45, 2.75) is 44.6 Å². The minimum atomic E-state index is 0.205. The van der Waals surface area contributed by atoms with Crippen LogP contribution in [0.3, 0.4) is 0 Å². The molecule has 6 nitrogen and oxygen atoms in total. The molecular formula is C27H33N5O. The second-order valence-corrected chi connectivity index (χ2v) is 9.28. The van der Waals surface area contributed by atoms with Crippen LogP contribution >= 0.6 is 0 Å². The smallest absolute Gasteiger partial charge is 0.223 e. The summed E-state index contributed by atoms with van der Waals surface area (Å²) in [5.41, 5.74) is 2.71. The van der Waals surface area contributed by atoms with Gasteiger partial charge in [0.25, 0.3) is 0 Å². The van der Waals surface area contributed by atoms with Gasteiger partial charge in [-0.3, -0.25) is 4.79 Å². The van der Waals surface area contributed by atoms with Gasteiger partial charge in [-0.1, -0.05) is 67.1 Å². The number of fused-ring (bicyclic) bond motifs is 1. The van der Waals surface area contributed by atoms with Crippen molar-refractivity contribution in [1.82, 2.24) is 25.0 Å². The SMILES string of the molecule is O=C(NCCc1nnc2n1CCN(CC(c1ccccc1)c1ccccc1)CC2)C1CCC1. The van der Waals surface area contributed by atoms with Gasteiger partial charge in [0.2, 0.25) is 5.91 Å². The molecule has 0 atom stereocenters. The average molecular weight is 444 g/mol. The van der Waals surface area contributed by atoms with Gasteiger partial charge in [-0.25, -0.2) is 0 Å². The molecule has 2 heterocycles. The van der Waals surface area contributed by atoms with Gasteiger partial charge in [-0.2, -0.15) is 0 Å². The quantitative estimate of drug-likeness (QED) is 0.579. The fraction of sp³-hybridized carbons (Fsp3) is 0.444. The van der Waals surface area contributed by atoms with Crippen LogP contribution in [-0.4, -0.2) is 51.8 Å². The molecule has 172 valence electrons. The molecule has 0 bridgehead atoms. The number of nitrogens with zero attached hydrogens (tertiary/aromatic N) is 4. The number of benzene rings is 2. The summed E-state index contributed by atoms with van der Waals surface area (Å²) < 4.78 is 2.27. The third kappa shape index (κ3) is 5.17. The van der Waals surface area contributed by atoms with E-state index in [1.165, 1.54) is 17.5 Å². The number of hydrogen-bond donors (Lipinski definition) is 1. The minimum Gasteiger partial charge on any atom is -0.355 e. The van der Waals surface area contributed by atoms with E-state index in [2.05, 4.69) is 85.6 Å². The van der Waals surface area contributed by atoms with Gasteiger partial charge in [0.05, 0.1) is 0 Å². The molecule has 2 aromatic carbocycles. The number of carbonyl (C=O) groups is 1. The molecule has 0 unspecified atom stereocenters. The molecular weight excluding hydrogens is 410 g/mol. The fourth-order valence-corrected chi connectivity index (χ4v) is 4.94. The number of hydrogen-bond acceptors (Lipinski definition) is 4. The Labute approximate surface area is 196 Å². The molecule has 0 radical (unpaired) electrons. The van der Waals surface area contributed by atoms with Crippen LogP contribution in [-0.2, 0) is 24.2 Å². The lowest BCUT2D eigenvalue weighted by atomic mass is 9.85. The maximum atomic E-state index is 12.1. The maximum Gasteiger partial charge on any atom is 0.223 e. The largest absolute Gasteiger partial charge is 0.355 e. The van der Waals surface area contributed by atoms with Gasteiger partial charge in [0.1, 0.15) is 11.6 Å². The van der Waals surface area contributed by atoms with E-state index in [0.29, 0.717) is 12.5 Å². The number of carbonyl (C=O) groups excluding carboxylic acids is 1. The van der Waals surface area contributed by atoms with Crippen molar-refractivity contribution in [3.05, 3.63) is 83.4 Å². The maximum absolute atomic E-state index is 12.1. The molecule has 1 aliphatic carbocycles. The van der Waals surface area contributed by atoms with Crippen molar-refractivity contribution in [2.24, 2.45) is 5.92 Å². The van der Waals surface area contributed by atoms with E-state index in [-0.39, 0.29) is 11.8 Å². The monoisotopic (exact) mass is 443 g/mol. The standard InChI is InChI=1S/C27H33N5O/c33-27(23-12-7-13-23)28-16-14-25-29-30-26-15-17-31(18-19-32(25)26)20-24(21-8-3-1-4-9-21)22-10-5-2-6-11-22/h1-6,8-11,23-24H,7,12-20H2,(H,28,33). The molecule has 1 amide bonds. The first-order chi connectivity index (χ1) is 16.3. The molecule has 1 aromatic heterocycles. The number of amides is 1. The fourth-order valence-electron chi connectivity index (χ4n) is 4.94. The minimum absolute atomic E-state index is 0.205. The summed E-state index contributed by atoms with van der Waals surface area (Å²) in [6, 6.07) is 21.6. The summed E-state index contributed by atoms with van der Waals surface area (Å²) in [7, 11) is 0. The van der Waals surface area contributed by atoms with Crippen LogP contribution < -0.4 is 5.32 Å². The van der Waals surface area contributed by atoms with Crippen molar-refractivity contribution in [1.29, 1.82) is 0 Å². The van der Waals surface area contributed by atoms with Crippen molar-refractivity contribution >= 4 is 5.91 Å². The third-order valence-electron chi connectivity index (χ3n) is 7.16. The lowest BCUT2D eigenvalue weighted by Crippen LogP contribution is -2.35. The molecule has 1 N–H and O–H groups in total. The summed E-state index contributed by atoms with van der Waals surface area (Å²) in [6.45, 7) is 4.47. The van der Waals surface area contributed by atoms with Gasteiger partial charge in [0.15, 0.2) is 0 Å². The second kappa shape index (κ2) is 10.3. The lowest BCUT2D eigenvalue weighted by molar-refractivity contribution is -0.127. The highest BCUT2D eigenvalue weighted by Gasteiger charge is 2.25. The van der Waals surface area contributed by atoms with Crippen molar-refractivity contribution in [2.75, 3.05) is 26.2 Å². The topological polar surface area (TPSA) is 63.1 Å². The van der Waals surface area contributed by atoms with Crippen LogP contribution in [0.1, 0.15) is 48.0 Å². The second-order valence-electron chi connectivity index (χ2n) is 9.28. The zero-order chi connectivity index (χ0) is 22.5. The Morgan fingerprint density at radius 1 is 0.939 bits per heavy atom. The van der Waals surface area contributed by atoms with Crippen molar-refractivity contribution < 1.29 is 4.79 Å². The van der Waals surface area contributed by atoms with E-state index in [0.717, 1.165) is 63.5 Å². The highest BCUT2D eigenvalue weighted by Crippen LogP contribution is 2.27. The lowest BCUT2D eigenvalue weighted by Gasteiger charge is -2.27. The molecule has 3 aromatic rings. The van der Waals surface area contributed by atoms with E-state index in [4.69, 9.17) is 0 Å². The molecule has 0 spiro atoms. The molecule has 33 heavy (non-hydrogen) atoms. The summed E-state index contributed by atoms with van der Waals surface area (Å²) in [6.07, 6.45) is 4.89. The van der Waals surface area contributed by atoms with Gasteiger partial charge in [0, 0.05) is 57.4 Å². The Morgan fingerprint density at radius 2 is 1.64 bits per heavy atom. The van der Waals surface area contributed by atoms with Crippen LogP contribution in [0.25, 0.3) is 0 Å². The van der Waals surface area contributed by atoms with Gasteiger partial charge < -0.3 is 14.8 Å². The summed E-state index contributed by atoms with van der Waals surface area (Å²) in [4.78, 5) is 14.7. The first-order valence-electron chi connectivity index (χ1n) is 12.3. The average Bonchev–Trinajstić information content (AvgIpc) is 3.08. The highest BCUT2D eigenvalue weighted by molar-refractivity contribution is 5.79. The van der Waals surface area contributed by atoms with Crippen LogP contribution in [0.4, 0.5) is 0 Å². The molecule has 1 saturated carbocycles. The number of nitrogens with one attached hydrogen (secondary N) is 1. The number of rotatable bonds is 8. The Bertz CT molecular complexity index is 1010. The Morgan fingerprint density at radius 3 is 2.27 bits per heavy atom. The molecule has 2 aliphatic rings. The number of aromatic nitrogens is 3. The van der Waals surface area contributed by atoms with Crippen LogP contribution in [0, 0.1) is 5.92 Å². The van der Waals surface area contributed by atoms with E-state index < -0.39 is 0 Å². The van der Waals surface area contributed by atoms with E-state index >= 15 is 0 Å². The van der Waals surface area contributed by atoms with E-state index in [1.807, 2.05) is 0 Å². The Hall–Kier alpha value is -2.99. The molecule has 1 fully saturated rings. The first-order valence-corrected chi connectivity index (χ1v) is 12.3. The normalized spacial score (nSPS) is 16.8. The predicted octanol–water partition coefficient (Wildman–Crippen LogP) is 3.43. The van der Waals surface area contributed by atoms with Crippen molar-refractivity contribution in [3.63, 3.8) is 0 Å². The summed E-state index contributed by atoms with van der Waals surface area (Å²) in [5, 5.41) is 12.0. The highest BCUT2D eigenvalue weighted by atomic mass is 16.1. The van der Waals surface area contributed by atoms with Gasteiger partial charge in [-0.05, 0) is 24.0 Å². The van der Waals surface area contributed by atoms with E-state index in [9.17, 15) is 4.79 Å². The van der Waals surface area contributed by atoms with Crippen LogP contribution in [0.2, 0.25) is 0 Å². The zero-order valence-corrected chi connectivity index (χ0v) is 19.2. The van der Waals surface area contributed by atoms with Crippen LogP contribution in [0.5, 0.6) is 0 Å². The molecule has 6 heteroatoms. The Balaban J connectivity index is 1.22. The molecule has 5 rings (SSSR count). The first kappa shape index (κ1) is 21.8. The van der Waals surface area contributed by atoms with Crippen molar-refractivity contribution in [3.8, 4) is 0 Å². The summed E-state index contributed by atoms with van der Waals surface area (Å²) in [5.74, 6) is 2.83. The van der Waals surface area contributed by atoms with Crippen LogP contribution in [0.15, 0.2) is 60.7 Å². The predicted molar refractivity (Wildman–Crippen MR) is 129 cm³/mol. The van der Waals surface area contributed by atoms with Gasteiger partial charge in [-0.15, -0.1) is 10.2 Å². The molecule has 0 saturated heterocycles. The molecule has 1 aliphatic heterocycles.